The number of nitrogens with one attached hydrogen (secondary N) is 5. The Balaban J connectivity index is 0.832. The Kier molecular flexibility index (Phi) is 14.6. The van der Waals surface area contributed by atoms with E-state index in [-0.39, 0.29) is 35.4 Å². The molecule has 8 rings (SSSR count). The Hall–Kier alpha value is -6.94. The van der Waals surface area contributed by atoms with Crippen LogP contribution in [0.1, 0.15) is 78.7 Å². The van der Waals surface area contributed by atoms with E-state index < -0.39 is 0 Å². The zero-order valence-corrected chi connectivity index (χ0v) is 41.1. The standard InChI is InChI=1S/C53H58N10O3S2/c1-31-11-17-39(18-12-31)59-51(64)61-41-10-8-9-37(25-41)48-46(63-50(68-48)53(5,6)7)36-21-22-55-45(27-36)56-23-24-66-30-35-14-19-40(20-15-35)60-52(65)62-43-26-38(16-13-32(43)2)49-47(58-34(4)67-49)42-28-44(54)57-29-33(42)3/h8-22,25-27,29,32,42-43H,23-24,28,30H2,1-7H3,(H2,54,57)(H,55,56)(H2,59,61,64)(H2,60,62,65). The molecular weight excluding hydrogens is 889 g/mol. The fourth-order valence-corrected chi connectivity index (χ4v) is 9.94. The number of nitrogens with two attached hydrogens (primary N) is 1. The van der Waals surface area contributed by atoms with Crippen molar-refractivity contribution >= 4 is 69.0 Å². The highest BCUT2D eigenvalue weighted by Crippen LogP contribution is 2.42. The van der Waals surface area contributed by atoms with Crippen molar-refractivity contribution in [1.29, 1.82) is 0 Å². The van der Waals surface area contributed by atoms with Crippen LogP contribution in [-0.2, 0) is 16.8 Å². The lowest BCUT2D eigenvalue weighted by atomic mass is 9.87. The first-order chi connectivity index (χ1) is 32.6. The number of pyridine rings is 1. The molecular formula is C53H58N10O3S2. The van der Waals surface area contributed by atoms with Crippen LogP contribution < -0.4 is 32.3 Å². The fourth-order valence-electron chi connectivity index (χ4n) is 7.82. The molecule has 350 valence electrons. The van der Waals surface area contributed by atoms with Gasteiger partial charge in [-0.2, -0.15) is 0 Å². The van der Waals surface area contributed by atoms with E-state index in [9.17, 15) is 9.59 Å². The molecule has 0 fully saturated rings. The van der Waals surface area contributed by atoms with Crippen molar-refractivity contribution in [3.05, 3.63) is 153 Å². The number of benzene rings is 3. The summed E-state index contributed by atoms with van der Waals surface area (Å²) in [7, 11) is 0. The molecule has 3 aromatic carbocycles. The summed E-state index contributed by atoms with van der Waals surface area (Å²) in [5, 5.41) is 17.4. The van der Waals surface area contributed by atoms with Crippen LogP contribution in [0.3, 0.4) is 0 Å². The van der Waals surface area contributed by atoms with Gasteiger partial charge >= 0.3 is 12.1 Å². The molecule has 4 heterocycles. The van der Waals surface area contributed by atoms with Gasteiger partial charge < -0.3 is 37.1 Å². The second-order valence-corrected chi connectivity index (χ2v) is 20.4. The maximum absolute atomic E-state index is 13.3. The predicted molar refractivity (Wildman–Crippen MR) is 280 cm³/mol. The molecule has 15 heteroatoms. The molecule has 2 aliphatic rings. The number of nitrogens with zero attached hydrogens (tertiary/aromatic N) is 4. The zero-order valence-electron chi connectivity index (χ0n) is 39.4. The number of amidine groups is 1. The lowest BCUT2D eigenvalue weighted by Crippen LogP contribution is -2.41. The lowest BCUT2D eigenvalue weighted by Gasteiger charge is -2.25. The number of amides is 4. The van der Waals surface area contributed by atoms with Crippen LogP contribution in [0.25, 0.3) is 27.3 Å². The minimum Gasteiger partial charge on any atom is -0.387 e. The van der Waals surface area contributed by atoms with E-state index in [1.54, 1.807) is 28.9 Å². The third kappa shape index (κ3) is 12.0. The minimum atomic E-state index is -0.314. The van der Waals surface area contributed by atoms with Crippen LogP contribution in [0.4, 0.5) is 32.5 Å². The molecule has 3 unspecified atom stereocenters. The highest BCUT2D eigenvalue weighted by molar-refractivity contribution is 7.16. The number of carbonyl (C=O) groups excluding carboxylic acids is 2. The van der Waals surface area contributed by atoms with E-state index in [1.807, 2.05) is 105 Å². The second kappa shape index (κ2) is 20.9. The summed E-state index contributed by atoms with van der Waals surface area (Å²) in [6, 6.07) is 26.4. The van der Waals surface area contributed by atoms with Crippen molar-refractivity contribution in [2.24, 2.45) is 16.6 Å². The maximum Gasteiger partial charge on any atom is 0.323 e. The molecule has 68 heavy (non-hydrogen) atoms. The predicted octanol–water partition coefficient (Wildman–Crippen LogP) is 12.0. The number of aryl methyl sites for hydroxylation is 2. The van der Waals surface area contributed by atoms with Gasteiger partial charge in [0.25, 0.3) is 0 Å². The Labute approximate surface area is 406 Å². The van der Waals surface area contributed by atoms with Gasteiger partial charge in [0.15, 0.2) is 0 Å². The number of hydrogen-bond donors (Lipinski definition) is 6. The number of allylic oxidation sites excluding steroid dienone is 3. The second-order valence-electron chi connectivity index (χ2n) is 18.2. The SMILES string of the molecule is CC1=CN=C(N)CC1c1nc(C)sc1C1=CC(NC(=O)Nc2ccc(COCCNc3cc(-c4nc(C(C)(C)C)sc4-c4cccc(NC(=O)Nc5ccc(C)cc5)c4)ccn3)cc2)C(C)C=C1. The van der Waals surface area contributed by atoms with E-state index in [0.29, 0.717) is 49.2 Å². The van der Waals surface area contributed by atoms with E-state index in [2.05, 4.69) is 89.4 Å². The molecule has 0 saturated heterocycles. The molecule has 0 radical (unpaired) electrons. The highest BCUT2D eigenvalue weighted by atomic mass is 32.1. The molecule has 0 bridgehead atoms. The monoisotopic (exact) mass is 946 g/mol. The summed E-state index contributed by atoms with van der Waals surface area (Å²) in [4.78, 5) is 47.2. The molecule has 3 atom stereocenters. The summed E-state index contributed by atoms with van der Waals surface area (Å²) >= 11 is 3.31. The molecule has 4 amide bonds. The number of ether oxygens (including phenoxy) is 1. The van der Waals surface area contributed by atoms with Gasteiger partial charge in [-0.15, -0.1) is 22.7 Å². The van der Waals surface area contributed by atoms with Gasteiger partial charge in [0.2, 0.25) is 0 Å². The Morgan fingerprint density at radius 2 is 1.57 bits per heavy atom. The fraction of sp³-hybridized carbons (Fsp3) is 0.283. The highest BCUT2D eigenvalue weighted by Gasteiger charge is 2.28. The van der Waals surface area contributed by atoms with E-state index in [0.717, 1.165) is 70.2 Å². The van der Waals surface area contributed by atoms with Crippen molar-refractivity contribution in [2.75, 3.05) is 34.4 Å². The van der Waals surface area contributed by atoms with Gasteiger partial charge in [-0.1, -0.05) is 87.9 Å². The van der Waals surface area contributed by atoms with Gasteiger partial charge in [0.05, 0.1) is 56.2 Å². The molecule has 3 aromatic heterocycles. The molecule has 13 nitrogen and oxygen atoms in total. The number of anilines is 4. The summed E-state index contributed by atoms with van der Waals surface area (Å²) in [5.41, 5.74) is 16.1. The number of rotatable bonds is 14. The van der Waals surface area contributed by atoms with Gasteiger partial charge in [-0.3, -0.25) is 0 Å². The number of carbonyl (C=O) groups is 2. The smallest absolute Gasteiger partial charge is 0.323 e. The topological polar surface area (TPSA) is 181 Å². The van der Waals surface area contributed by atoms with Crippen LogP contribution in [0.5, 0.6) is 0 Å². The van der Waals surface area contributed by atoms with Crippen LogP contribution >= 0.6 is 22.7 Å². The largest absolute Gasteiger partial charge is 0.387 e. The number of hydrogen-bond acceptors (Lipinski definition) is 11. The van der Waals surface area contributed by atoms with E-state index in [4.69, 9.17) is 20.4 Å². The first kappa shape index (κ1) is 47.5. The summed E-state index contributed by atoms with van der Waals surface area (Å²) in [5.74, 6) is 1.49. The first-order valence-corrected chi connectivity index (χ1v) is 24.4. The number of urea groups is 2. The minimum absolute atomic E-state index is 0.0723. The third-order valence-electron chi connectivity index (χ3n) is 11.6. The lowest BCUT2D eigenvalue weighted by molar-refractivity contribution is 0.130. The van der Waals surface area contributed by atoms with Crippen molar-refractivity contribution in [2.45, 2.75) is 78.9 Å². The van der Waals surface area contributed by atoms with Crippen molar-refractivity contribution in [3.8, 4) is 21.7 Å². The average Bonchev–Trinajstić information content (AvgIpc) is 3.94. The normalized spacial score (nSPS) is 16.9. The Morgan fingerprint density at radius 3 is 2.34 bits per heavy atom. The summed E-state index contributed by atoms with van der Waals surface area (Å²) in [6.45, 7) is 16.1. The molecule has 0 spiro atoms. The summed E-state index contributed by atoms with van der Waals surface area (Å²) < 4.78 is 6.02. The van der Waals surface area contributed by atoms with Crippen LogP contribution in [0.2, 0.25) is 0 Å². The van der Waals surface area contributed by atoms with Gasteiger partial charge in [0, 0.05) is 59.3 Å². The number of aromatic nitrogens is 3. The molecule has 0 saturated carbocycles. The van der Waals surface area contributed by atoms with E-state index in [1.165, 1.54) is 0 Å². The van der Waals surface area contributed by atoms with Gasteiger partial charge in [-0.25, -0.2) is 29.5 Å². The first-order valence-electron chi connectivity index (χ1n) is 22.7. The van der Waals surface area contributed by atoms with Gasteiger partial charge in [-0.05, 0) is 97.5 Å². The molecule has 7 N–H and O–H groups in total. The Morgan fingerprint density at radius 1 is 0.838 bits per heavy atom. The number of thiazole rings is 2. The maximum atomic E-state index is 13.3. The van der Waals surface area contributed by atoms with Crippen molar-refractivity contribution < 1.29 is 14.3 Å². The van der Waals surface area contributed by atoms with Crippen molar-refractivity contribution in [1.82, 2.24) is 20.3 Å². The van der Waals surface area contributed by atoms with Crippen LogP contribution in [0.15, 0.2) is 126 Å². The van der Waals surface area contributed by atoms with Gasteiger partial charge in [0.1, 0.15) is 5.82 Å². The average molecular weight is 947 g/mol. The molecule has 1 aliphatic heterocycles. The van der Waals surface area contributed by atoms with Crippen LogP contribution in [-0.4, -0.2) is 52.0 Å². The Bertz CT molecular complexity index is 2910. The van der Waals surface area contributed by atoms with Crippen molar-refractivity contribution in [3.63, 3.8) is 0 Å². The molecule has 6 aromatic rings. The van der Waals surface area contributed by atoms with E-state index >= 15 is 0 Å². The molecule has 1 aliphatic carbocycles. The van der Waals surface area contributed by atoms with Crippen LogP contribution in [0, 0.1) is 19.8 Å². The quantitative estimate of drug-likeness (QED) is 0.0584. The summed E-state index contributed by atoms with van der Waals surface area (Å²) in [6.07, 6.45) is 10.6. The number of aliphatic imine (C=N–C) groups is 1. The third-order valence-corrected chi connectivity index (χ3v) is 14.1. The zero-order chi connectivity index (χ0) is 48.0.